The van der Waals surface area contributed by atoms with Gasteiger partial charge in [0.1, 0.15) is 11.5 Å². The van der Waals surface area contributed by atoms with Crippen LogP contribution < -0.4 is 0 Å². The summed E-state index contributed by atoms with van der Waals surface area (Å²) in [6, 6.07) is 9.41. The number of non-ortho nitro benzene ring substituents is 1. The molecule has 30 heavy (non-hydrogen) atoms. The summed E-state index contributed by atoms with van der Waals surface area (Å²) in [5, 5.41) is 16.0. The van der Waals surface area contributed by atoms with E-state index in [2.05, 4.69) is 17.3 Å². The Kier molecular flexibility index (Phi) is 3.45. The number of nitrogens with zero attached hydrogens (tertiary/aromatic N) is 3. The Balaban J connectivity index is 1.22. The minimum absolute atomic E-state index is 0.000658. The number of hydrogen-bond donors (Lipinski definition) is 0. The summed E-state index contributed by atoms with van der Waals surface area (Å²) in [6.45, 7) is 0. The van der Waals surface area contributed by atoms with Crippen LogP contribution in [0.1, 0.15) is 12.2 Å². The lowest BCUT2D eigenvalue weighted by Crippen LogP contribution is -2.40. The van der Waals surface area contributed by atoms with Gasteiger partial charge in [-0.25, -0.2) is 0 Å². The summed E-state index contributed by atoms with van der Waals surface area (Å²) in [5.41, 5.74) is 0.683. The van der Waals surface area contributed by atoms with Gasteiger partial charge in [-0.15, -0.1) is 0 Å². The molecular weight excluding hydrogens is 386 g/mol. The van der Waals surface area contributed by atoms with Crippen molar-refractivity contribution in [1.29, 1.82) is 0 Å². The van der Waals surface area contributed by atoms with E-state index in [0.29, 0.717) is 28.9 Å². The van der Waals surface area contributed by atoms with Crippen LogP contribution in [0.2, 0.25) is 0 Å². The molecule has 6 atom stereocenters. The van der Waals surface area contributed by atoms with Gasteiger partial charge in [-0.2, -0.15) is 10.1 Å². The highest BCUT2D eigenvalue weighted by molar-refractivity contribution is 6.06. The van der Waals surface area contributed by atoms with Gasteiger partial charge in [0.2, 0.25) is 0 Å². The molecule has 3 fully saturated rings. The molecule has 5 aliphatic rings. The van der Waals surface area contributed by atoms with Crippen LogP contribution in [-0.2, 0) is 9.59 Å². The highest BCUT2D eigenvalue weighted by atomic mass is 16.6. The largest absolute Gasteiger partial charge is 0.455 e. The second-order valence-electron chi connectivity index (χ2n) is 8.39. The van der Waals surface area contributed by atoms with Crippen molar-refractivity contribution in [2.45, 2.75) is 6.42 Å². The number of rotatable bonds is 4. The van der Waals surface area contributed by atoms with Gasteiger partial charge in [0.05, 0.1) is 23.0 Å². The first-order chi connectivity index (χ1) is 14.5. The minimum Gasteiger partial charge on any atom is -0.455 e. The monoisotopic (exact) mass is 403 g/mol. The predicted molar refractivity (Wildman–Crippen MR) is 105 cm³/mol. The third-order valence-electron chi connectivity index (χ3n) is 6.93. The van der Waals surface area contributed by atoms with Crippen molar-refractivity contribution < 1.29 is 18.9 Å². The number of carbonyl (C=O) groups excluding carboxylic acids is 2. The van der Waals surface area contributed by atoms with Crippen LogP contribution in [-0.4, -0.2) is 28.0 Å². The zero-order chi connectivity index (χ0) is 20.6. The molecular formula is C22H17N3O5. The van der Waals surface area contributed by atoms with E-state index in [9.17, 15) is 19.7 Å². The van der Waals surface area contributed by atoms with Crippen LogP contribution in [0.15, 0.2) is 58.1 Å². The Morgan fingerprint density at radius 3 is 2.23 bits per heavy atom. The highest BCUT2D eigenvalue weighted by Crippen LogP contribution is 2.65. The van der Waals surface area contributed by atoms with E-state index in [1.807, 2.05) is 0 Å². The first-order valence-electron chi connectivity index (χ1n) is 9.98. The van der Waals surface area contributed by atoms with Crippen molar-refractivity contribution in [3.8, 4) is 11.3 Å². The maximum atomic E-state index is 12.9. The molecule has 0 N–H and O–H groups in total. The predicted octanol–water partition coefficient (Wildman–Crippen LogP) is 3.24. The van der Waals surface area contributed by atoms with Gasteiger partial charge in [0, 0.05) is 17.7 Å². The molecule has 2 heterocycles. The highest BCUT2D eigenvalue weighted by Gasteiger charge is 2.67. The van der Waals surface area contributed by atoms with Crippen LogP contribution in [0.25, 0.3) is 11.3 Å². The van der Waals surface area contributed by atoms with Crippen molar-refractivity contribution in [1.82, 2.24) is 5.01 Å². The molecule has 2 bridgehead atoms. The van der Waals surface area contributed by atoms with Gasteiger partial charge >= 0.3 is 0 Å². The fourth-order valence-corrected chi connectivity index (χ4v) is 5.49. The lowest BCUT2D eigenvalue weighted by Gasteiger charge is -2.37. The van der Waals surface area contributed by atoms with Crippen molar-refractivity contribution in [2.75, 3.05) is 0 Å². The molecule has 4 aliphatic carbocycles. The average Bonchev–Trinajstić information content (AvgIpc) is 3.39. The third kappa shape index (κ3) is 2.36. The molecule has 0 spiro atoms. The van der Waals surface area contributed by atoms with Gasteiger partial charge in [-0.1, -0.05) is 12.2 Å². The number of hydrazone groups is 1. The van der Waals surface area contributed by atoms with E-state index in [4.69, 9.17) is 4.42 Å². The maximum Gasteiger partial charge on any atom is 0.269 e. The number of allylic oxidation sites excluding steroid dienone is 2. The van der Waals surface area contributed by atoms with E-state index >= 15 is 0 Å². The SMILES string of the molecule is O=C1[C@H]2[C@@H]3C=C[C@H]([C@H]4C[C@H]34)[C@@H]2C(=O)N1/N=C\c1ccc(-c2ccc([N+](=O)[O-])cc2)o1. The van der Waals surface area contributed by atoms with Crippen LogP contribution in [0.3, 0.4) is 0 Å². The second-order valence-corrected chi connectivity index (χ2v) is 8.39. The molecule has 0 unspecified atom stereocenters. The number of hydrogen-bond acceptors (Lipinski definition) is 6. The summed E-state index contributed by atoms with van der Waals surface area (Å²) in [4.78, 5) is 36.1. The van der Waals surface area contributed by atoms with E-state index < -0.39 is 4.92 Å². The van der Waals surface area contributed by atoms with Gasteiger partial charge in [-0.05, 0) is 54.4 Å². The Morgan fingerprint density at radius 2 is 1.63 bits per heavy atom. The van der Waals surface area contributed by atoms with Gasteiger partial charge in [-0.3, -0.25) is 19.7 Å². The van der Waals surface area contributed by atoms with E-state index in [0.717, 1.165) is 11.4 Å². The summed E-state index contributed by atoms with van der Waals surface area (Å²) in [6.07, 6.45) is 6.75. The molecule has 8 nitrogen and oxygen atoms in total. The van der Waals surface area contributed by atoms with Crippen molar-refractivity contribution in [2.24, 2.45) is 40.6 Å². The quantitative estimate of drug-likeness (QED) is 0.256. The van der Waals surface area contributed by atoms with Crippen LogP contribution in [0.5, 0.6) is 0 Å². The van der Waals surface area contributed by atoms with E-state index in [-0.39, 0.29) is 41.2 Å². The number of benzene rings is 1. The van der Waals surface area contributed by atoms with Crippen LogP contribution in [0.4, 0.5) is 5.69 Å². The maximum absolute atomic E-state index is 12.9. The normalized spacial score (nSPS) is 33.3. The number of nitro benzene ring substituents is 1. The number of nitro groups is 1. The number of amides is 2. The average molecular weight is 403 g/mol. The lowest BCUT2D eigenvalue weighted by molar-refractivity contribution is -0.384. The smallest absolute Gasteiger partial charge is 0.269 e. The lowest BCUT2D eigenvalue weighted by atomic mass is 9.63. The van der Waals surface area contributed by atoms with Crippen molar-refractivity contribution in [3.63, 3.8) is 0 Å². The zero-order valence-corrected chi connectivity index (χ0v) is 15.8. The number of imide groups is 1. The molecule has 1 aliphatic heterocycles. The molecule has 2 saturated carbocycles. The standard InChI is InChI=1S/C22H17N3O5/c26-21-19-14-6-7-15(17-9-16(14)17)20(19)22(27)24(21)23-10-13-5-8-18(30-13)11-1-3-12(4-2-11)25(28)29/h1-8,10,14-17,19-20H,9H2/b23-10-/t14-,15-,16-,17-,19+,20+/m1/s1. The first-order valence-corrected chi connectivity index (χ1v) is 9.98. The van der Waals surface area contributed by atoms with Gasteiger partial charge in [0.15, 0.2) is 0 Å². The fourth-order valence-electron chi connectivity index (χ4n) is 5.49. The molecule has 1 aromatic heterocycles. The minimum atomic E-state index is -0.461. The van der Waals surface area contributed by atoms with Crippen molar-refractivity contribution >= 4 is 23.7 Å². The third-order valence-corrected chi connectivity index (χ3v) is 6.93. The zero-order valence-electron chi connectivity index (χ0n) is 15.8. The van der Waals surface area contributed by atoms with Crippen LogP contribution >= 0.6 is 0 Å². The molecule has 7 rings (SSSR count). The number of carbonyl (C=O) groups is 2. The Hall–Kier alpha value is -3.55. The molecule has 8 heteroatoms. The molecule has 1 saturated heterocycles. The Morgan fingerprint density at radius 1 is 1.00 bits per heavy atom. The Bertz CT molecular complexity index is 1110. The topological polar surface area (TPSA) is 106 Å². The van der Waals surface area contributed by atoms with Crippen molar-refractivity contribution in [3.05, 3.63) is 64.4 Å². The van der Waals surface area contributed by atoms with Gasteiger partial charge in [0.25, 0.3) is 17.5 Å². The van der Waals surface area contributed by atoms with E-state index in [1.165, 1.54) is 18.3 Å². The molecule has 1 aromatic carbocycles. The fraction of sp³-hybridized carbons (Fsp3) is 0.318. The number of furan rings is 1. The molecule has 0 radical (unpaired) electrons. The summed E-state index contributed by atoms with van der Waals surface area (Å²) >= 11 is 0. The van der Waals surface area contributed by atoms with Crippen LogP contribution in [0, 0.1) is 45.6 Å². The molecule has 2 aromatic rings. The summed E-state index contributed by atoms with van der Waals surface area (Å²) in [5.74, 6) is 1.36. The first kappa shape index (κ1) is 17.3. The summed E-state index contributed by atoms with van der Waals surface area (Å²) in [7, 11) is 0. The summed E-state index contributed by atoms with van der Waals surface area (Å²) < 4.78 is 5.72. The van der Waals surface area contributed by atoms with E-state index in [1.54, 1.807) is 24.3 Å². The molecule has 150 valence electrons. The van der Waals surface area contributed by atoms with Gasteiger partial charge < -0.3 is 4.42 Å². The molecule has 2 amide bonds. The second kappa shape index (κ2) is 5.98. The Labute approximate surface area is 171 Å².